The first-order chi connectivity index (χ1) is 42.5. The molecule has 2 fully saturated rings. The molecule has 4 atom stereocenters. The van der Waals surface area contributed by atoms with Gasteiger partial charge in [0.1, 0.15) is 30.2 Å². The number of phenols is 2. The number of carbonyl (C=O) groups is 2. The summed E-state index contributed by atoms with van der Waals surface area (Å²) >= 11 is 0. The van der Waals surface area contributed by atoms with Crippen molar-refractivity contribution in [3.05, 3.63) is 155 Å². The van der Waals surface area contributed by atoms with Crippen LogP contribution in [-0.2, 0) is 49.5 Å². The molecular formula is C62H72N18O7. The molecule has 4 unspecified atom stereocenters. The van der Waals surface area contributed by atoms with Gasteiger partial charge in [-0.1, -0.05) is 77.0 Å². The van der Waals surface area contributed by atoms with Gasteiger partial charge in [-0.05, 0) is 83.3 Å². The van der Waals surface area contributed by atoms with Crippen LogP contribution >= 0.6 is 0 Å². The second kappa shape index (κ2) is 28.2. The normalized spacial score (nSPS) is 15.2. The second-order valence-electron chi connectivity index (χ2n) is 21.7. The summed E-state index contributed by atoms with van der Waals surface area (Å²) in [5.41, 5.74) is 20.0. The van der Waals surface area contributed by atoms with E-state index in [1.54, 1.807) is 46.0 Å². The molecule has 2 amide bonds. The van der Waals surface area contributed by atoms with Crippen LogP contribution in [0.1, 0.15) is 58.1 Å². The van der Waals surface area contributed by atoms with Gasteiger partial charge in [0.25, 0.3) is 0 Å². The number of nitrogens with two attached hydrogens (primary N) is 2. The molecular weight excluding hydrogens is 1110 g/mol. The van der Waals surface area contributed by atoms with Crippen molar-refractivity contribution >= 4 is 51.5 Å². The number of aromatic hydroxyl groups is 2. The van der Waals surface area contributed by atoms with E-state index in [2.05, 4.69) is 63.8 Å². The molecule has 452 valence electrons. The van der Waals surface area contributed by atoms with Crippen molar-refractivity contribution < 1.29 is 34.0 Å². The van der Waals surface area contributed by atoms with E-state index in [9.17, 15) is 19.8 Å². The Balaban J connectivity index is 0.782. The minimum Gasteiger partial charge on any atom is -0.508 e. The molecule has 0 radical (unpaired) electrons. The second-order valence-corrected chi connectivity index (χ2v) is 21.7. The number of hydrogen-bond acceptors (Lipinski definition) is 19. The van der Waals surface area contributed by atoms with Crippen LogP contribution in [0.25, 0.3) is 21.8 Å². The number of rotatable bonds is 27. The molecule has 0 aliphatic carbocycles. The molecule has 9 N–H and O–H groups in total. The fourth-order valence-corrected chi connectivity index (χ4v) is 10.9. The number of ether oxygens (including phenoxy) is 3. The molecule has 11 rings (SSSR count). The number of hydrogen-bond donors (Lipinski definition) is 7. The van der Waals surface area contributed by atoms with Gasteiger partial charge in [-0.15, -0.1) is 16.6 Å². The number of phenolic OH excluding ortho intramolecular Hbond substituents is 2. The third-order valence-electron chi connectivity index (χ3n) is 15.6. The first-order valence-electron chi connectivity index (χ1n) is 29.3. The minimum atomic E-state index is -0.739. The first kappa shape index (κ1) is 59.3. The smallest absolute Gasteiger partial charge is 0.248 e. The molecule has 5 aromatic heterocycles. The predicted octanol–water partition coefficient (Wildman–Crippen LogP) is 4.27. The number of nitrogens with one attached hydrogen (secondary N) is 3. The molecule has 7 heterocycles. The average Bonchev–Trinajstić information content (AvgIpc) is 3.07. The van der Waals surface area contributed by atoms with Crippen molar-refractivity contribution in [3.63, 3.8) is 0 Å². The van der Waals surface area contributed by atoms with Gasteiger partial charge in [0.05, 0.1) is 68.9 Å². The number of nitrogens with zero attached hydrogens (tertiary/aromatic N) is 13. The van der Waals surface area contributed by atoms with Gasteiger partial charge in [0, 0.05) is 94.2 Å². The maximum absolute atomic E-state index is 14.9. The number of aromatic nitrogens is 11. The Bertz CT molecular complexity index is 3460. The fourth-order valence-electron chi connectivity index (χ4n) is 10.9. The van der Waals surface area contributed by atoms with E-state index < -0.39 is 24.2 Å². The topological polar surface area (TPSA) is 311 Å². The number of amides is 2. The van der Waals surface area contributed by atoms with E-state index >= 15 is 0 Å². The van der Waals surface area contributed by atoms with Gasteiger partial charge in [0.2, 0.25) is 29.7 Å². The summed E-state index contributed by atoms with van der Waals surface area (Å²) in [4.78, 5) is 59.5. The molecule has 4 aromatic carbocycles. The van der Waals surface area contributed by atoms with Crippen LogP contribution in [0.5, 0.6) is 11.5 Å². The van der Waals surface area contributed by atoms with Gasteiger partial charge < -0.3 is 70.8 Å². The SMILES string of the molecule is C#CCOCCOCCOCCNc1nc(N2CCN(C(=O)C(Cc3cc4ccccc4[nH]3)n3cc(C(N)Cc4ccc(O)cc4)nn3)CC2)nc(N2CCN(C(=O)C(Cc3cc4ccccc4[nH]3)n3cc(C(N)Cc4ccc(O)cc4)nn3)CC2)n1. The zero-order valence-electron chi connectivity index (χ0n) is 48.3. The molecule has 0 saturated carbocycles. The summed E-state index contributed by atoms with van der Waals surface area (Å²) in [6, 6.07) is 31.4. The van der Waals surface area contributed by atoms with Crippen LogP contribution in [-0.4, -0.2) is 185 Å². The highest BCUT2D eigenvalue weighted by atomic mass is 16.5. The van der Waals surface area contributed by atoms with Crippen molar-refractivity contribution in [3.8, 4) is 23.8 Å². The standard InChI is InChI=1S/C62H72N18O7/c1-2-28-85-30-32-87-33-31-86-29-19-65-60-68-61(77-24-20-75(21-25-77)58(83)56(38-46-36-44-7-3-5-9-52(44)66-46)79-40-54(71-73-79)50(63)34-42-11-15-48(81)16-12-42)70-62(69-60)78-26-22-76(23-27-78)59(84)57(39-47-37-45-8-4-6-10-53(45)67-47)80-41-55(72-74-80)51(64)35-43-13-17-49(82)18-14-43/h1,3-18,36-37,40-41,50-51,56-57,66-67,81-82H,19-35,38-39,63-64H2,(H,65,68,69,70). The molecule has 2 aliphatic rings. The Kier molecular flexibility index (Phi) is 19.2. The van der Waals surface area contributed by atoms with E-state index in [1.165, 1.54) is 0 Å². The summed E-state index contributed by atoms with van der Waals surface area (Å²) < 4.78 is 20.0. The van der Waals surface area contributed by atoms with Crippen molar-refractivity contribution in [2.75, 3.05) is 114 Å². The Hall–Kier alpha value is -9.45. The molecule has 25 nitrogen and oxygen atoms in total. The van der Waals surface area contributed by atoms with E-state index in [0.717, 1.165) is 44.3 Å². The quantitative estimate of drug-likeness (QED) is 0.0279. The number of terminal acetylenes is 1. The number of piperazine rings is 2. The van der Waals surface area contributed by atoms with Crippen molar-refractivity contribution in [2.24, 2.45) is 11.5 Å². The number of carbonyl (C=O) groups excluding carboxylic acids is 2. The van der Waals surface area contributed by atoms with Crippen LogP contribution in [0, 0.1) is 12.3 Å². The largest absolute Gasteiger partial charge is 0.508 e. The summed E-state index contributed by atoms with van der Waals surface area (Å²) in [5, 5.41) is 43.0. The number of H-pyrrole nitrogens is 2. The van der Waals surface area contributed by atoms with Gasteiger partial charge in [-0.3, -0.25) is 9.59 Å². The Labute approximate surface area is 502 Å². The van der Waals surface area contributed by atoms with Gasteiger partial charge >= 0.3 is 0 Å². The summed E-state index contributed by atoms with van der Waals surface area (Å²) in [6.45, 7) is 5.76. The van der Waals surface area contributed by atoms with Crippen LogP contribution in [0.3, 0.4) is 0 Å². The lowest BCUT2D eigenvalue weighted by atomic mass is 10.0. The van der Waals surface area contributed by atoms with E-state index in [-0.39, 0.29) is 29.9 Å². The fraction of sp³-hybridized carbons (Fsp3) is 0.371. The van der Waals surface area contributed by atoms with Crippen molar-refractivity contribution in [1.29, 1.82) is 0 Å². The lowest BCUT2D eigenvalue weighted by Crippen LogP contribution is -2.52. The highest BCUT2D eigenvalue weighted by molar-refractivity contribution is 5.84. The molecule has 0 bridgehead atoms. The van der Waals surface area contributed by atoms with Crippen molar-refractivity contribution in [1.82, 2.24) is 64.7 Å². The van der Waals surface area contributed by atoms with Crippen LogP contribution < -0.4 is 26.6 Å². The van der Waals surface area contributed by atoms with Gasteiger partial charge in [0.15, 0.2) is 0 Å². The van der Waals surface area contributed by atoms with Crippen LogP contribution in [0.2, 0.25) is 0 Å². The highest BCUT2D eigenvalue weighted by Crippen LogP contribution is 2.28. The Morgan fingerprint density at radius 2 is 1.01 bits per heavy atom. The average molecular weight is 1180 g/mol. The highest BCUT2D eigenvalue weighted by Gasteiger charge is 2.35. The van der Waals surface area contributed by atoms with Crippen LogP contribution in [0.4, 0.5) is 17.8 Å². The third-order valence-corrected chi connectivity index (χ3v) is 15.6. The minimum absolute atomic E-state index is 0.118. The first-order valence-corrected chi connectivity index (χ1v) is 29.3. The molecule has 87 heavy (non-hydrogen) atoms. The molecule has 2 saturated heterocycles. The molecule has 2 aliphatic heterocycles. The van der Waals surface area contributed by atoms with E-state index in [0.29, 0.717) is 147 Å². The zero-order chi connectivity index (χ0) is 60.1. The molecule has 25 heteroatoms. The lowest BCUT2D eigenvalue weighted by Gasteiger charge is -2.38. The Morgan fingerprint density at radius 1 is 0.575 bits per heavy atom. The maximum Gasteiger partial charge on any atom is 0.248 e. The summed E-state index contributed by atoms with van der Waals surface area (Å²) in [5.74, 6) is 3.77. The summed E-state index contributed by atoms with van der Waals surface area (Å²) in [7, 11) is 0. The Morgan fingerprint density at radius 3 is 1.46 bits per heavy atom. The number of para-hydroxylation sites is 2. The number of fused-ring (bicyclic) bond motifs is 2. The molecule has 0 spiro atoms. The van der Waals surface area contributed by atoms with Crippen molar-refractivity contribution in [2.45, 2.75) is 49.9 Å². The molecule has 9 aromatic rings. The van der Waals surface area contributed by atoms with Crippen LogP contribution in [0.15, 0.2) is 122 Å². The summed E-state index contributed by atoms with van der Waals surface area (Å²) in [6.07, 6.45) is 10.4. The predicted molar refractivity (Wildman–Crippen MR) is 327 cm³/mol. The number of benzene rings is 4. The maximum atomic E-state index is 14.9. The van der Waals surface area contributed by atoms with Gasteiger partial charge in [-0.2, -0.15) is 15.0 Å². The number of aromatic amines is 2. The van der Waals surface area contributed by atoms with Gasteiger partial charge in [-0.25, -0.2) is 9.36 Å². The van der Waals surface area contributed by atoms with E-state index in [1.807, 2.05) is 82.6 Å². The number of anilines is 3. The zero-order valence-corrected chi connectivity index (χ0v) is 48.3. The lowest BCUT2D eigenvalue weighted by molar-refractivity contribution is -0.136. The monoisotopic (exact) mass is 1180 g/mol. The third kappa shape index (κ3) is 15.2. The van der Waals surface area contributed by atoms with E-state index in [4.69, 9.17) is 47.1 Å².